The maximum Gasteiger partial charge on any atom is 0.243 e. The molecule has 1 atom stereocenters. The van der Waals surface area contributed by atoms with Gasteiger partial charge in [0.25, 0.3) is 0 Å². The van der Waals surface area contributed by atoms with Crippen molar-refractivity contribution in [2.24, 2.45) is 5.73 Å². The number of hydrogen-bond donors (Lipinski definition) is 4. The topological polar surface area (TPSA) is 91.1 Å². The number of carbonyl (C=O) groups excluding carboxylic acids is 1. The van der Waals surface area contributed by atoms with E-state index in [-0.39, 0.29) is 6.61 Å². The number of aromatic nitrogens is 1. The average molecular weight is 323 g/mol. The van der Waals surface area contributed by atoms with Gasteiger partial charge in [-0.1, -0.05) is 42.5 Å². The van der Waals surface area contributed by atoms with Gasteiger partial charge in [-0.3, -0.25) is 4.79 Å². The van der Waals surface area contributed by atoms with Gasteiger partial charge in [-0.05, 0) is 30.0 Å². The number of fused-ring (bicyclic) bond motifs is 1. The van der Waals surface area contributed by atoms with Crippen molar-refractivity contribution in [1.82, 2.24) is 4.98 Å². The summed E-state index contributed by atoms with van der Waals surface area (Å²) in [5.74, 6) is -0.397. The highest BCUT2D eigenvalue weighted by Gasteiger charge is 2.14. The Morgan fingerprint density at radius 3 is 2.62 bits per heavy atom. The Morgan fingerprint density at radius 2 is 1.88 bits per heavy atom. The van der Waals surface area contributed by atoms with Crippen LogP contribution in [0.25, 0.3) is 10.9 Å². The molecule has 0 aliphatic heterocycles. The molecule has 0 aliphatic carbocycles. The number of benzene rings is 2. The first-order valence-corrected chi connectivity index (χ1v) is 7.98. The van der Waals surface area contributed by atoms with Crippen LogP contribution in [0.3, 0.4) is 0 Å². The number of nitrogens with one attached hydrogen (secondary N) is 2. The summed E-state index contributed by atoms with van der Waals surface area (Å²) in [6.45, 7) is -0.377. The van der Waals surface area contributed by atoms with Crippen LogP contribution in [0.1, 0.15) is 11.1 Å². The van der Waals surface area contributed by atoms with E-state index in [4.69, 9.17) is 10.8 Å². The Labute approximate surface area is 140 Å². The summed E-state index contributed by atoms with van der Waals surface area (Å²) >= 11 is 0. The Bertz CT molecular complexity index is 827. The molecule has 124 valence electrons. The minimum Gasteiger partial charge on any atom is -0.394 e. The Kier molecular flexibility index (Phi) is 4.93. The van der Waals surface area contributed by atoms with E-state index in [1.807, 2.05) is 12.1 Å². The third-order valence-corrected chi connectivity index (χ3v) is 4.08. The molecule has 24 heavy (non-hydrogen) atoms. The molecule has 3 aromatic rings. The van der Waals surface area contributed by atoms with Crippen LogP contribution < -0.4 is 11.1 Å². The monoisotopic (exact) mass is 323 g/mol. The third kappa shape index (κ3) is 3.64. The van der Waals surface area contributed by atoms with Crippen LogP contribution in [0.5, 0.6) is 0 Å². The largest absolute Gasteiger partial charge is 0.394 e. The molecule has 5 heteroatoms. The van der Waals surface area contributed by atoms with Crippen molar-refractivity contribution in [2.75, 3.05) is 11.9 Å². The van der Waals surface area contributed by atoms with Crippen LogP contribution in [0.4, 0.5) is 5.69 Å². The number of hydrogen-bond acceptors (Lipinski definition) is 3. The van der Waals surface area contributed by atoms with Gasteiger partial charge in [0.2, 0.25) is 5.91 Å². The van der Waals surface area contributed by atoms with Crippen molar-refractivity contribution in [2.45, 2.75) is 18.9 Å². The highest BCUT2D eigenvalue weighted by Crippen LogP contribution is 2.24. The first-order chi connectivity index (χ1) is 11.7. The number of H-pyrrole nitrogens is 1. The van der Waals surface area contributed by atoms with Crippen molar-refractivity contribution in [1.29, 1.82) is 0 Å². The van der Waals surface area contributed by atoms with Crippen molar-refractivity contribution < 1.29 is 9.90 Å². The zero-order valence-corrected chi connectivity index (χ0v) is 13.3. The van der Waals surface area contributed by atoms with E-state index >= 15 is 0 Å². The zero-order valence-electron chi connectivity index (χ0n) is 13.3. The number of nitrogens with two attached hydrogens (primary N) is 1. The molecule has 1 aromatic heterocycles. The second-order valence-electron chi connectivity index (χ2n) is 5.85. The number of aryl methyl sites for hydroxylation is 2. The highest BCUT2D eigenvalue weighted by molar-refractivity contribution is 6.03. The van der Waals surface area contributed by atoms with Gasteiger partial charge in [0, 0.05) is 17.1 Å². The number of rotatable bonds is 6. The van der Waals surface area contributed by atoms with Gasteiger partial charge in [0.05, 0.1) is 12.3 Å². The van der Waals surface area contributed by atoms with Gasteiger partial charge in [-0.25, -0.2) is 0 Å². The molecule has 0 unspecified atom stereocenters. The predicted molar refractivity (Wildman–Crippen MR) is 95.8 cm³/mol. The fraction of sp³-hybridized carbons (Fsp3) is 0.211. The van der Waals surface area contributed by atoms with Crippen LogP contribution in [-0.4, -0.2) is 28.6 Å². The molecule has 2 aromatic carbocycles. The molecule has 0 radical (unpaired) electrons. The number of anilines is 1. The van der Waals surface area contributed by atoms with E-state index in [1.54, 1.807) is 6.20 Å². The van der Waals surface area contributed by atoms with Gasteiger partial charge in [-0.15, -0.1) is 0 Å². The van der Waals surface area contributed by atoms with Gasteiger partial charge >= 0.3 is 0 Å². The lowest BCUT2D eigenvalue weighted by Gasteiger charge is -2.08. The maximum absolute atomic E-state index is 11.8. The fourth-order valence-corrected chi connectivity index (χ4v) is 2.67. The second kappa shape index (κ2) is 7.29. The number of carbonyl (C=O) groups is 1. The fourth-order valence-electron chi connectivity index (χ4n) is 2.67. The van der Waals surface area contributed by atoms with Crippen molar-refractivity contribution in [3.05, 3.63) is 65.9 Å². The van der Waals surface area contributed by atoms with Gasteiger partial charge < -0.3 is 21.1 Å². The van der Waals surface area contributed by atoms with Crippen molar-refractivity contribution in [3.8, 4) is 0 Å². The molecular formula is C19H21N3O2. The van der Waals surface area contributed by atoms with E-state index in [0.717, 1.165) is 23.7 Å². The smallest absolute Gasteiger partial charge is 0.243 e. The minimum absolute atomic E-state index is 0.377. The SMILES string of the molecule is N[C@H](CO)C(=O)Nc1c[nH]c2cc(CCc3ccccc3)ccc12. The third-order valence-electron chi connectivity index (χ3n) is 4.08. The van der Waals surface area contributed by atoms with E-state index in [2.05, 4.69) is 46.7 Å². The number of aromatic amines is 1. The van der Waals surface area contributed by atoms with E-state index in [0.29, 0.717) is 5.69 Å². The summed E-state index contributed by atoms with van der Waals surface area (Å²) in [6.07, 6.45) is 3.69. The number of aliphatic hydroxyl groups excluding tert-OH is 1. The molecule has 3 rings (SSSR count). The maximum atomic E-state index is 11.8. The van der Waals surface area contributed by atoms with Crippen molar-refractivity contribution in [3.63, 3.8) is 0 Å². The summed E-state index contributed by atoms with van der Waals surface area (Å²) in [5.41, 5.74) is 9.71. The Hall–Kier alpha value is -2.63. The molecular weight excluding hydrogens is 302 g/mol. The molecule has 0 saturated heterocycles. The molecule has 5 N–H and O–H groups in total. The molecule has 1 amide bonds. The molecule has 5 nitrogen and oxygen atoms in total. The minimum atomic E-state index is -0.917. The highest BCUT2D eigenvalue weighted by atomic mass is 16.3. The lowest BCUT2D eigenvalue weighted by molar-refractivity contribution is -0.118. The summed E-state index contributed by atoms with van der Waals surface area (Å²) in [4.78, 5) is 15.0. The standard InChI is InChI=1S/C19H21N3O2/c20-16(12-23)19(24)22-18-11-21-17-10-14(8-9-15(17)18)7-6-13-4-2-1-3-5-13/h1-5,8-11,16,21,23H,6-7,12,20H2,(H,22,24)/t16-/m1/s1. The van der Waals surface area contributed by atoms with E-state index < -0.39 is 11.9 Å². The van der Waals surface area contributed by atoms with E-state index in [1.165, 1.54) is 11.1 Å². The Morgan fingerprint density at radius 1 is 1.12 bits per heavy atom. The van der Waals surface area contributed by atoms with Gasteiger partial charge in [0.15, 0.2) is 0 Å². The van der Waals surface area contributed by atoms with E-state index in [9.17, 15) is 4.79 Å². The number of aliphatic hydroxyl groups is 1. The normalized spacial score (nSPS) is 12.2. The summed E-state index contributed by atoms with van der Waals surface area (Å²) in [6, 6.07) is 15.6. The quantitative estimate of drug-likeness (QED) is 0.560. The molecule has 1 heterocycles. The summed E-state index contributed by atoms with van der Waals surface area (Å²) < 4.78 is 0. The van der Waals surface area contributed by atoms with Gasteiger partial charge in [-0.2, -0.15) is 0 Å². The summed E-state index contributed by atoms with van der Waals surface area (Å²) in [7, 11) is 0. The lowest BCUT2D eigenvalue weighted by atomic mass is 10.0. The number of amides is 1. The molecule has 0 saturated carbocycles. The summed E-state index contributed by atoms with van der Waals surface area (Å²) in [5, 5.41) is 12.6. The van der Waals surface area contributed by atoms with Crippen LogP contribution in [0.2, 0.25) is 0 Å². The zero-order chi connectivity index (χ0) is 16.9. The van der Waals surface area contributed by atoms with Crippen LogP contribution in [-0.2, 0) is 17.6 Å². The van der Waals surface area contributed by atoms with Crippen LogP contribution >= 0.6 is 0 Å². The second-order valence-corrected chi connectivity index (χ2v) is 5.85. The average Bonchev–Trinajstić information content (AvgIpc) is 3.02. The predicted octanol–water partition coefficient (Wildman–Crippen LogP) is 2.21. The molecule has 0 spiro atoms. The van der Waals surface area contributed by atoms with Crippen molar-refractivity contribution >= 4 is 22.5 Å². The van der Waals surface area contributed by atoms with Gasteiger partial charge in [0.1, 0.15) is 6.04 Å². The molecule has 0 bridgehead atoms. The van der Waals surface area contributed by atoms with Crippen LogP contribution in [0, 0.1) is 0 Å². The first kappa shape index (κ1) is 16.2. The molecule has 0 aliphatic rings. The Balaban J connectivity index is 1.72. The molecule has 0 fully saturated rings. The lowest BCUT2D eigenvalue weighted by Crippen LogP contribution is -2.38. The first-order valence-electron chi connectivity index (χ1n) is 7.98. The van der Waals surface area contributed by atoms with Crippen LogP contribution in [0.15, 0.2) is 54.7 Å².